The van der Waals surface area contributed by atoms with E-state index in [9.17, 15) is 4.79 Å². The molecule has 0 spiro atoms. The fourth-order valence-corrected chi connectivity index (χ4v) is 3.41. The first-order chi connectivity index (χ1) is 7.65. The van der Waals surface area contributed by atoms with Crippen LogP contribution in [0.2, 0.25) is 0 Å². The van der Waals surface area contributed by atoms with Gasteiger partial charge in [-0.3, -0.25) is 4.79 Å². The van der Waals surface area contributed by atoms with Gasteiger partial charge in [-0.25, -0.2) is 0 Å². The van der Waals surface area contributed by atoms with Gasteiger partial charge in [0.15, 0.2) is 0 Å². The quantitative estimate of drug-likeness (QED) is 0.762. The molecule has 0 aromatic carbocycles. The maximum atomic E-state index is 12.4. The molecule has 1 aromatic heterocycles. The number of pyridine rings is 1. The van der Waals surface area contributed by atoms with Gasteiger partial charge < -0.3 is 4.57 Å². The normalized spacial score (nSPS) is 16.9. The van der Waals surface area contributed by atoms with Gasteiger partial charge in [0, 0.05) is 22.6 Å². The van der Waals surface area contributed by atoms with E-state index in [1.165, 1.54) is 12.8 Å². The van der Waals surface area contributed by atoms with E-state index < -0.39 is 0 Å². The topological polar surface area (TPSA) is 22.0 Å². The van der Waals surface area contributed by atoms with Gasteiger partial charge in [-0.05, 0) is 38.3 Å². The number of halogens is 1. The van der Waals surface area contributed by atoms with E-state index in [0.717, 1.165) is 29.7 Å². The Morgan fingerprint density at radius 2 is 2.00 bits per heavy atom. The van der Waals surface area contributed by atoms with Gasteiger partial charge >= 0.3 is 0 Å². The largest absolute Gasteiger partial charge is 0.310 e. The molecule has 88 valence electrons. The van der Waals surface area contributed by atoms with Crippen molar-refractivity contribution in [3.05, 3.63) is 33.2 Å². The van der Waals surface area contributed by atoms with Gasteiger partial charge in [0.05, 0.1) is 0 Å². The van der Waals surface area contributed by atoms with Gasteiger partial charge in [-0.1, -0.05) is 28.8 Å². The highest BCUT2D eigenvalue weighted by Gasteiger charge is 2.21. The summed E-state index contributed by atoms with van der Waals surface area (Å²) in [7, 11) is 0. The number of nitrogens with zero attached hydrogens (tertiary/aromatic N) is 1. The lowest BCUT2D eigenvalue weighted by Crippen LogP contribution is -2.28. The molecule has 0 unspecified atom stereocenters. The lowest BCUT2D eigenvalue weighted by molar-refractivity contribution is 0.488. The van der Waals surface area contributed by atoms with Crippen molar-refractivity contribution < 1.29 is 0 Å². The van der Waals surface area contributed by atoms with E-state index in [1.807, 2.05) is 18.4 Å². The summed E-state index contributed by atoms with van der Waals surface area (Å²) >= 11 is 3.41. The van der Waals surface area contributed by atoms with Gasteiger partial charge in [0.2, 0.25) is 0 Å². The fraction of sp³-hybridized carbons (Fsp3) is 0.615. The molecule has 0 N–H and O–H groups in total. The molecule has 1 saturated carbocycles. The Morgan fingerprint density at radius 1 is 1.38 bits per heavy atom. The molecule has 1 aliphatic rings. The molecule has 1 aromatic rings. The third-order valence-electron chi connectivity index (χ3n) is 3.58. The lowest BCUT2D eigenvalue weighted by atomic mass is 10.1. The molecule has 0 saturated heterocycles. The van der Waals surface area contributed by atoms with Crippen molar-refractivity contribution in [2.24, 2.45) is 0 Å². The van der Waals surface area contributed by atoms with Crippen LogP contribution in [0.5, 0.6) is 0 Å². The standard InChI is InChI=1S/C13H18BrNO/c1-9-7-10(2)15(11-5-3-4-6-11)13(16)12(9)8-14/h7,11H,3-6,8H2,1-2H3. The second kappa shape index (κ2) is 4.74. The average Bonchev–Trinajstić information content (AvgIpc) is 2.70. The second-order valence-corrected chi connectivity index (χ2v) is 5.26. The molecule has 1 aliphatic carbocycles. The molecule has 0 amide bonds. The summed E-state index contributed by atoms with van der Waals surface area (Å²) in [4.78, 5) is 12.4. The Hall–Kier alpha value is -0.570. The fourth-order valence-electron chi connectivity index (χ4n) is 2.72. The van der Waals surface area contributed by atoms with Gasteiger partial charge in [-0.15, -0.1) is 0 Å². The molecule has 0 atom stereocenters. The second-order valence-electron chi connectivity index (χ2n) is 4.69. The molecule has 1 heterocycles. The smallest absolute Gasteiger partial charge is 0.255 e. The predicted molar refractivity (Wildman–Crippen MR) is 70.3 cm³/mol. The van der Waals surface area contributed by atoms with Crippen LogP contribution in [0.15, 0.2) is 10.9 Å². The molecular weight excluding hydrogens is 266 g/mol. The summed E-state index contributed by atoms with van der Waals surface area (Å²) in [5, 5.41) is 0.657. The summed E-state index contributed by atoms with van der Waals surface area (Å²) in [6.07, 6.45) is 4.83. The molecular formula is C13H18BrNO. The Morgan fingerprint density at radius 3 is 2.56 bits per heavy atom. The highest BCUT2D eigenvalue weighted by atomic mass is 79.9. The van der Waals surface area contributed by atoms with Crippen LogP contribution in [0.3, 0.4) is 0 Å². The monoisotopic (exact) mass is 283 g/mol. The summed E-state index contributed by atoms with van der Waals surface area (Å²) in [5.74, 6) is 0. The molecule has 0 aliphatic heterocycles. The molecule has 2 rings (SSSR count). The van der Waals surface area contributed by atoms with Crippen LogP contribution < -0.4 is 5.56 Å². The molecule has 2 nitrogen and oxygen atoms in total. The summed E-state index contributed by atoms with van der Waals surface area (Å²) in [6.45, 7) is 4.06. The van der Waals surface area contributed by atoms with E-state index in [1.54, 1.807) is 0 Å². The average molecular weight is 284 g/mol. The van der Waals surface area contributed by atoms with Crippen molar-refractivity contribution in [3.8, 4) is 0 Å². The van der Waals surface area contributed by atoms with Crippen LogP contribution in [0.4, 0.5) is 0 Å². The first-order valence-corrected chi connectivity index (χ1v) is 7.05. The first kappa shape index (κ1) is 11.9. The van der Waals surface area contributed by atoms with Crippen LogP contribution in [-0.2, 0) is 5.33 Å². The minimum absolute atomic E-state index is 0.210. The van der Waals surface area contributed by atoms with E-state index in [4.69, 9.17) is 0 Å². The molecule has 1 fully saturated rings. The number of aromatic nitrogens is 1. The Bertz CT molecular complexity index is 444. The van der Waals surface area contributed by atoms with Crippen molar-refractivity contribution in [2.45, 2.75) is 50.9 Å². The molecule has 16 heavy (non-hydrogen) atoms. The Kier molecular flexibility index (Phi) is 3.53. The van der Waals surface area contributed by atoms with Crippen molar-refractivity contribution >= 4 is 15.9 Å². The van der Waals surface area contributed by atoms with E-state index >= 15 is 0 Å². The van der Waals surface area contributed by atoms with E-state index in [-0.39, 0.29) is 5.56 Å². The zero-order valence-corrected chi connectivity index (χ0v) is 11.5. The predicted octanol–water partition coefficient (Wildman–Crippen LogP) is 3.48. The highest BCUT2D eigenvalue weighted by Crippen LogP contribution is 2.29. The number of hydrogen-bond donors (Lipinski definition) is 0. The van der Waals surface area contributed by atoms with Crippen molar-refractivity contribution in [1.29, 1.82) is 0 Å². The number of rotatable bonds is 2. The van der Waals surface area contributed by atoms with Gasteiger partial charge in [-0.2, -0.15) is 0 Å². The summed E-state index contributed by atoms with van der Waals surface area (Å²) < 4.78 is 2.01. The van der Waals surface area contributed by atoms with E-state index in [0.29, 0.717) is 11.4 Å². The van der Waals surface area contributed by atoms with Gasteiger partial charge in [0.25, 0.3) is 5.56 Å². The summed E-state index contributed by atoms with van der Waals surface area (Å²) in [5.41, 5.74) is 3.34. The van der Waals surface area contributed by atoms with Gasteiger partial charge in [0.1, 0.15) is 0 Å². The van der Waals surface area contributed by atoms with Crippen LogP contribution in [-0.4, -0.2) is 4.57 Å². The first-order valence-electron chi connectivity index (χ1n) is 5.92. The maximum Gasteiger partial charge on any atom is 0.255 e. The SMILES string of the molecule is Cc1cc(C)n(C2CCCC2)c(=O)c1CBr. The summed E-state index contributed by atoms with van der Waals surface area (Å²) in [6, 6.07) is 2.57. The zero-order chi connectivity index (χ0) is 11.7. The molecule has 3 heteroatoms. The van der Waals surface area contributed by atoms with Crippen LogP contribution in [0.1, 0.15) is 48.5 Å². The van der Waals surface area contributed by atoms with Crippen LogP contribution >= 0.6 is 15.9 Å². The van der Waals surface area contributed by atoms with Crippen LogP contribution in [0, 0.1) is 13.8 Å². The van der Waals surface area contributed by atoms with Crippen molar-refractivity contribution in [2.75, 3.05) is 0 Å². The minimum Gasteiger partial charge on any atom is -0.310 e. The third-order valence-corrected chi connectivity index (χ3v) is 4.14. The highest BCUT2D eigenvalue weighted by molar-refractivity contribution is 9.08. The van der Waals surface area contributed by atoms with Crippen LogP contribution in [0.25, 0.3) is 0 Å². The number of aryl methyl sites for hydroxylation is 2. The third kappa shape index (κ3) is 1.97. The van der Waals surface area contributed by atoms with Crippen molar-refractivity contribution in [1.82, 2.24) is 4.57 Å². The van der Waals surface area contributed by atoms with E-state index in [2.05, 4.69) is 22.0 Å². The lowest BCUT2D eigenvalue weighted by Gasteiger charge is -2.19. The molecule has 0 radical (unpaired) electrons. The number of hydrogen-bond acceptors (Lipinski definition) is 1. The maximum absolute atomic E-state index is 12.4. The Balaban J connectivity index is 2.55. The zero-order valence-electron chi connectivity index (χ0n) is 9.92. The minimum atomic E-state index is 0.210. The number of alkyl halides is 1. The molecule has 0 bridgehead atoms. The Labute approximate surface area is 105 Å². The van der Waals surface area contributed by atoms with Crippen molar-refractivity contribution in [3.63, 3.8) is 0 Å².